The highest BCUT2D eigenvalue weighted by atomic mass is 35.5. The highest BCUT2D eigenvalue weighted by Crippen LogP contribution is 2.22. The number of halogens is 2. The fraction of sp³-hybridized carbons (Fsp3) is 0.455. The van der Waals surface area contributed by atoms with Crippen LogP contribution in [0.3, 0.4) is 0 Å². The molecule has 1 aromatic rings. The van der Waals surface area contributed by atoms with Crippen molar-refractivity contribution < 1.29 is 4.39 Å². The second-order valence-electron chi connectivity index (χ2n) is 3.79. The molecule has 80 valence electrons. The molecule has 0 aliphatic carbocycles. The van der Waals surface area contributed by atoms with E-state index < -0.39 is 0 Å². The lowest BCUT2D eigenvalue weighted by Crippen LogP contribution is -2.18. The first-order chi connectivity index (χ1) is 6.02. The first-order valence-corrected chi connectivity index (χ1v) is 4.54. The molecule has 14 heavy (non-hydrogen) atoms. The fourth-order valence-electron chi connectivity index (χ4n) is 1.26. The van der Waals surface area contributed by atoms with Crippen LogP contribution < -0.4 is 5.73 Å². The zero-order valence-electron chi connectivity index (χ0n) is 8.75. The highest BCUT2D eigenvalue weighted by molar-refractivity contribution is 5.85. The molecule has 0 amide bonds. The maximum Gasteiger partial charge on any atom is 0.128 e. The molecular weight excluding hydrogens is 201 g/mol. The number of rotatable bonds is 2. The number of hydrogen-bond acceptors (Lipinski definition) is 1. The summed E-state index contributed by atoms with van der Waals surface area (Å²) < 4.78 is 13.4. The van der Waals surface area contributed by atoms with Gasteiger partial charge >= 0.3 is 0 Å². The van der Waals surface area contributed by atoms with Crippen LogP contribution in [0.15, 0.2) is 18.2 Å². The van der Waals surface area contributed by atoms with E-state index in [0.717, 1.165) is 5.56 Å². The van der Waals surface area contributed by atoms with Crippen molar-refractivity contribution >= 4 is 12.4 Å². The lowest BCUT2D eigenvalue weighted by Gasteiger charge is -2.16. The predicted molar refractivity (Wildman–Crippen MR) is 60.2 cm³/mol. The summed E-state index contributed by atoms with van der Waals surface area (Å²) in [5.41, 5.74) is 7.39. The Bertz CT molecular complexity index is 299. The Morgan fingerprint density at radius 1 is 1.29 bits per heavy atom. The molecule has 0 heterocycles. The molecule has 0 aliphatic heterocycles. The number of aryl methyl sites for hydroxylation is 1. The first-order valence-electron chi connectivity index (χ1n) is 4.54. The van der Waals surface area contributed by atoms with Gasteiger partial charge in [0.15, 0.2) is 0 Å². The van der Waals surface area contributed by atoms with Gasteiger partial charge in [-0.2, -0.15) is 0 Å². The van der Waals surface area contributed by atoms with Crippen molar-refractivity contribution in [2.45, 2.75) is 26.8 Å². The van der Waals surface area contributed by atoms with Crippen LogP contribution in [0.5, 0.6) is 0 Å². The van der Waals surface area contributed by atoms with Gasteiger partial charge in [-0.3, -0.25) is 0 Å². The Kier molecular flexibility index (Phi) is 5.09. The van der Waals surface area contributed by atoms with Crippen LogP contribution in [0, 0.1) is 18.7 Å². The molecule has 1 rings (SSSR count). The van der Waals surface area contributed by atoms with Crippen LogP contribution in [0.2, 0.25) is 0 Å². The summed E-state index contributed by atoms with van der Waals surface area (Å²) in [6.07, 6.45) is 0. The van der Waals surface area contributed by atoms with Crippen LogP contribution in [0.4, 0.5) is 4.39 Å². The molecule has 0 saturated heterocycles. The molecule has 1 atom stereocenters. The monoisotopic (exact) mass is 217 g/mol. The van der Waals surface area contributed by atoms with Crippen LogP contribution >= 0.6 is 12.4 Å². The molecule has 2 N–H and O–H groups in total. The number of hydrogen-bond donors (Lipinski definition) is 1. The summed E-state index contributed by atoms with van der Waals surface area (Å²) in [6.45, 7) is 5.85. The minimum absolute atomic E-state index is 0. The minimum atomic E-state index is -0.208. The molecular formula is C11H17ClFN. The lowest BCUT2D eigenvalue weighted by molar-refractivity contribution is 0.484. The maximum absolute atomic E-state index is 13.4. The molecule has 0 radical (unpaired) electrons. The SMILES string of the molecule is Cc1ccc([C@@H](N)C(C)C)c(F)c1.Cl. The van der Waals surface area contributed by atoms with Gasteiger partial charge in [-0.25, -0.2) is 4.39 Å². The average Bonchev–Trinajstić information content (AvgIpc) is 2.03. The zero-order valence-corrected chi connectivity index (χ0v) is 9.57. The van der Waals surface area contributed by atoms with E-state index >= 15 is 0 Å². The molecule has 0 fully saturated rings. The summed E-state index contributed by atoms with van der Waals surface area (Å²) in [4.78, 5) is 0. The Morgan fingerprint density at radius 3 is 2.29 bits per heavy atom. The Morgan fingerprint density at radius 2 is 1.86 bits per heavy atom. The largest absolute Gasteiger partial charge is 0.324 e. The maximum atomic E-state index is 13.4. The normalized spacial score (nSPS) is 12.4. The third kappa shape index (κ3) is 2.96. The van der Waals surface area contributed by atoms with Crippen LogP contribution in [0.25, 0.3) is 0 Å². The topological polar surface area (TPSA) is 26.0 Å². The van der Waals surface area contributed by atoms with E-state index in [1.54, 1.807) is 6.07 Å². The molecule has 0 spiro atoms. The fourth-order valence-corrected chi connectivity index (χ4v) is 1.26. The van der Waals surface area contributed by atoms with Crippen molar-refractivity contribution in [2.75, 3.05) is 0 Å². The van der Waals surface area contributed by atoms with Gasteiger partial charge < -0.3 is 5.73 Å². The average molecular weight is 218 g/mol. The van der Waals surface area contributed by atoms with Gasteiger partial charge in [0.1, 0.15) is 5.82 Å². The van der Waals surface area contributed by atoms with Crippen molar-refractivity contribution in [3.63, 3.8) is 0 Å². The van der Waals surface area contributed by atoms with Gasteiger partial charge in [-0.1, -0.05) is 26.0 Å². The Labute approximate surface area is 90.9 Å². The van der Waals surface area contributed by atoms with Gasteiger partial charge in [0, 0.05) is 11.6 Å². The number of benzene rings is 1. The highest BCUT2D eigenvalue weighted by Gasteiger charge is 2.14. The molecule has 3 heteroatoms. The van der Waals surface area contributed by atoms with E-state index in [2.05, 4.69) is 0 Å². The summed E-state index contributed by atoms with van der Waals surface area (Å²) in [6, 6.07) is 4.98. The van der Waals surface area contributed by atoms with Gasteiger partial charge in [-0.15, -0.1) is 12.4 Å². The van der Waals surface area contributed by atoms with Gasteiger partial charge in [0.05, 0.1) is 0 Å². The van der Waals surface area contributed by atoms with Crippen molar-refractivity contribution in [3.8, 4) is 0 Å². The molecule has 0 saturated carbocycles. The van der Waals surface area contributed by atoms with Crippen molar-refractivity contribution in [3.05, 3.63) is 35.1 Å². The zero-order chi connectivity index (χ0) is 10.0. The third-order valence-electron chi connectivity index (χ3n) is 2.23. The Hall–Kier alpha value is -0.600. The molecule has 1 nitrogen and oxygen atoms in total. The minimum Gasteiger partial charge on any atom is -0.324 e. The van der Waals surface area contributed by atoms with E-state index in [4.69, 9.17) is 5.73 Å². The van der Waals surface area contributed by atoms with Crippen LogP contribution in [-0.4, -0.2) is 0 Å². The van der Waals surface area contributed by atoms with Crippen LogP contribution in [0.1, 0.15) is 31.0 Å². The Balaban J connectivity index is 0.00000169. The lowest BCUT2D eigenvalue weighted by atomic mass is 9.96. The molecule has 0 unspecified atom stereocenters. The van der Waals surface area contributed by atoms with Crippen molar-refractivity contribution in [2.24, 2.45) is 11.7 Å². The second kappa shape index (κ2) is 5.32. The summed E-state index contributed by atoms with van der Waals surface area (Å²) >= 11 is 0. The predicted octanol–water partition coefficient (Wildman–Crippen LogP) is 3.21. The van der Waals surface area contributed by atoms with Crippen molar-refractivity contribution in [1.29, 1.82) is 0 Å². The van der Waals surface area contributed by atoms with E-state index in [1.165, 1.54) is 6.07 Å². The summed E-state index contributed by atoms with van der Waals surface area (Å²) in [5, 5.41) is 0. The smallest absolute Gasteiger partial charge is 0.128 e. The number of nitrogens with two attached hydrogens (primary N) is 1. The van der Waals surface area contributed by atoms with E-state index in [9.17, 15) is 4.39 Å². The molecule has 0 bridgehead atoms. The third-order valence-corrected chi connectivity index (χ3v) is 2.23. The molecule has 0 aliphatic rings. The van der Waals surface area contributed by atoms with Crippen LogP contribution in [-0.2, 0) is 0 Å². The first kappa shape index (κ1) is 13.4. The van der Waals surface area contributed by atoms with Crippen molar-refractivity contribution in [1.82, 2.24) is 0 Å². The van der Waals surface area contributed by atoms with Gasteiger partial charge in [0.25, 0.3) is 0 Å². The second-order valence-corrected chi connectivity index (χ2v) is 3.79. The van der Waals surface area contributed by atoms with E-state index in [-0.39, 0.29) is 30.2 Å². The molecule has 1 aromatic carbocycles. The summed E-state index contributed by atoms with van der Waals surface area (Å²) in [5.74, 6) is 0.0680. The standard InChI is InChI=1S/C11H16FN.ClH/c1-7(2)11(13)9-5-4-8(3)6-10(9)12;/h4-7,11H,13H2,1-3H3;1H/t11-;/m0./s1. The molecule has 0 aromatic heterocycles. The van der Waals surface area contributed by atoms with Gasteiger partial charge in [0.2, 0.25) is 0 Å². The summed E-state index contributed by atoms with van der Waals surface area (Å²) in [7, 11) is 0. The van der Waals surface area contributed by atoms with E-state index in [0.29, 0.717) is 5.56 Å². The van der Waals surface area contributed by atoms with Gasteiger partial charge in [-0.05, 0) is 24.5 Å². The van der Waals surface area contributed by atoms with E-state index in [1.807, 2.05) is 26.8 Å². The quantitative estimate of drug-likeness (QED) is 0.809.